The number of rotatable bonds is 3. The van der Waals surface area contributed by atoms with Gasteiger partial charge in [0.05, 0.1) is 0 Å². The van der Waals surface area contributed by atoms with E-state index < -0.39 is 0 Å². The van der Waals surface area contributed by atoms with Gasteiger partial charge in [-0.15, -0.1) is 0 Å². The molecule has 2 atom stereocenters. The number of benzene rings is 1. The Morgan fingerprint density at radius 3 is 2.83 bits per heavy atom. The fourth-order valence-corrected chi connectivity index (χ4v) is 3.27. The van der Waals surface area contributed by atoms with Gasteiger partial charge in [0.25, 0.3) is 0 Å². The molecule has 1 aromatic carbocycles. The van der Waals surface area contributed by atoms with Crippen molar-refractivity contribution in [3.8, 4) is 0 Å². The topological polar surface area (TPSA) is 15.3 Å². The SMILES string of the molecule is Fc1ccc(CN[C@@H]2CCN3CCC[C@@H]3C2)cc1. The summed E-state index contributed by atoms with van der Waals surface area (Å²) >= 11 is 0. The second kappa shape index (κ2) is 5.37. The van der Waals surface area contributed by atoms with Crippen LogP contribution in [0.3, 0.4) is 0 Å². The lowest BCUT2D eigenvalue weighted by molar-refractivity contribution is 0.166. The molecule has 0 radical (unpaired) electrons. The molecule has 0 saturated carbocycles. The first-order valence-electron chi connectivity index (χ1n) is 7.03. The van der Waals surface area contributed by atoms with Crippen LogP contribution in [0.5, 0.6) is 0 Å². The van der Waals surface area contributed by atoms with Gasteiger partial charge in [0, 0.05) is 18.6 Å². The third-order valence-corrected chi connectivity index (χ3v) is 4.33. The average Bonchev–Trinajstić information content (AvgIpc) is 2.85. The van der Waals surface area contributed by atoms with Crippen LogP contribution in [0.1, 0.15) is 31.2 Å². The van der Waals surface area contributed by atoms with Gasteiger partial charge in [-0.25, -0.2) is 4.39 Å². The maximum Gasteiger partial charge on any atom is 0.123 e. The number of nitrogens with one attached hydrogen (secondary N) is 1. The predicted molar refractivity (Wildman–Crippen MR) is 70.9 cm³/mol. The van der Waals surface area contributed by atoms with Gasteiger partial charge in [0.15, 0.2) is 0 Å². The summed E-state index contributed by atoms with van der Waals surface area (Å²) in [5, 5.41) is 3.62. The smallest absolute Gasteiger partial charge is 0.123 e. The summed E-state index contributed by atoms with van der Waals surface area (Å²) in [6.07, 6.45) is 5.27. The summed E-state index contributed by atoms with van der Waals surface area (Å²) in [6.45, 7) is 3.40. The van der Waals surface area contributed by atoms with Crippen LogP contribution >= 0.6 is 0 Å². The molecule has 2 fully saturated rings. The highest BCUT2D eigenvalue weighted by atomic mass is 19.1. The van der Waals surface area contributed by atoms with Crippen LogP contribution in [0.2, 0.25) is 0 Å². The van der Waals surface area contributed by atoms with Crippen molar-refractivity contribution in [1.29, 1.82) is 0 Å². The summed E-state index contributed by atoms with van der Waals surface area (Å²) in [7, 11) is 0. The molecule has 0 bridgehead atoms. The van der Waals surface area contributed by atoms with Crippen molar-refractivity contribution in [3.63, 3.8) is 0 Å². The first-order chi connectivity index (χ1) is 8.81. The standard InChI is InChI=1S/C15H21FN2/c16-13-5-3-12(4-6-13)11-17-14-7-9-18-8-1-2-15(18)10-14/h3-6,14-15,17H,1-2,7-11H2/t14-,15-/m1/s1. The minimum Gasteiger partial charge on any atom is -0.310 e. The van der Waals surface area contributed by atoms with E-state index >= 15 is 0 Å². The third-order valence-electron chi connectivity index (χ3n) is 4.33. The molecule has 3 rings (SSSR count). The summed E-state index contributed by atoms with van der Waals surface area (Å²) in [5.41, 5.74) is 1.17. The number of halogens is 1. The number of hydrogen-bond acceptors (Lipinski definition) is 2. The van der Waals surface area contributed by atoms with Crippen LogP contribution in [0.15, 0.2) is 24.3 Å². The molecule has 1 aromatic rings. The van der Waals surface area contributed by atoms with Crippen LogP contribution in [-0.4, -0.2) is 30.1 Å². The highest BCUT2D eigenvalue weighted by molar-refractivity contribution is 5.15. The van der Waals surface area contributed by atoms with Gasteiger partial charge in [-0.3, -0.25) is 0 Å². The zero-order chi connectivity index (χ0) is 12.4. The maximum absolute atomic E-state index is 12.8. The first kappa shape index (κ1) is 12.1. The Balaban J connectivity index is 1.50. The molecule has 3 heteroatoms. The fraction of sp³-hybridized carbons (Fsp3) is 0.600. The van der Waals surface area contributed by atoms with Crippen molar-refractivity contribution in [3.05, 3.63) is 35.6 Å². The van der Waals surface area contributed by atoms with Gasteiger partial charge in [-0.1, -0.05) is 12.1 Å². The molecule has 2 aliphatic rings. The van der Waals surface area contributed by atoms with Gasteiger partial charge >= 0.3 is 0 Å². The van der Waals surface area contributed by atoms with Crippen molar-refractivity contribution in [2.75, 3.05) is 13.1 Å². The van der Waals surface area contributed by atoms with Crippen molar-refractivity contribution in [2.45, 2.75) is 44.3 Å². The lowest BCUT2D eigenvalue weighted by Gasteiger charge is -2.35. The van der Waals surface area contributed by atoms with E-state index in [2.05, 4.69) is 10.2 Å². The van der Waals surface area contributed by atoms with E-state index in [1.54, 1.807) is 0 Å². The zero-order valence-corrected chi connectivity index (χ0v) is 10.7. The predicted octanol–water partition coefficient (Wildman–Crippen LogP) is 2.54. The van der Waals surface area contributed by atoms with E-state index in [9.17, 15) is 4.39 Å². The summed E-state index contributed by atoms with van der Waals surface area (Å²) in [5.74, 6) is -0.155. The summed E-state index contributed by atoms with van der Waals surface area (Å²) in [4.78, 5) is 2.63. The van der Waals surface area contributed by atoms with Gasteiger partial charge in [0.1, 0.15) is 5.82 Å². The Morgan fingerprint density at radius 1 is 1.17 bits per heavy atom. The van der Waals surface area contributed by atoms with E-state index in [0.29, 0.717) is 6.04 Å². The molecular formula is C15H21FN2. The highest BCUT2D eigenvalue weighted by Crippen LogP contribution is 2.26. The van der Waals surface area contributed by atoms with E-state index in [0.717, 1.165) is 12.6 Å². The number of fused-ring (bicyclic) bond motifs is 1. The van der Waals surface area contributed by atoms with Crippen molar-refractivity contribution >= 4 is 0 Å². The third kappa shape index (κ3) is 2.73. The molecule has 0 aromatic heterocycles. The Labute approximate surface area is 108 Å². The Hall–Kier alpha value is -0.930. The highest BCUT2D eigenvalue weighted by Gasteiger charge is 2.31. The minimum absolute atomic E-state index is 0.155. The largest absolute Gasteiger partial charge is 0.310 e. The molecular weight excluding hydrogens is 227 g/mol. The quantitative estimate of drug-likeness (QED) is 0.884. The van der Waals surface area contributed by atoms with E-state index in [1.165, 1.54) is 56.5 Å². The average molecular weight is 248 g/mol. The fourth-order valence-electron chi connectivity index (χ4n) is 3.27. The molecule has 0 unspecified atom stereocenters. The second-order valence-corrected chi connectivity index (χ2v) is 5.56. The Bertz CT molecular complexity index is 390. The first-order valence-corrected chi connectivity index (χ1v) is 7.03. The number of nitrogens with zero attached hydrogens (tertiary/aromatic N) is 1. The van der Waals surface area contributed by atoms with Crippen molar-refractivity contribution in [2.24, 2.45) is 0 Å². The van der Waals surface area contributed by atoms with Crippen LogP contribution in [0.25, 0.3) is 0 Å². The minimum atomic E-state index is -0.155. The molecule has 98 valence electrons. The van der Waals surface area contributed by atoms with Crippen molar-refractivity contribution < 1.29 is 4.39 Å². The molecule has 2 aliphatic heterocycles. The van der Waals surface area contributed by atoms with Crippen LogP contribution in [0, 0.1) is 5.82 Å². The molecule has 2 nitrogen and oxygen atoms in total. The van der Waals surface area contributed by atoms with Crippen LogP contribution < -0.4 is 5.32 Å². The molecule has 0 spiro atoms. The van der Waals surface area contributed by atoms with Gasteiger partial charge in [-0.2, -0.15) is 0 Å². The van der Waals surface area contributed by atoms with E-state index in [-0.39, 0.29) is 5.82 Å². The summed E-state index contributed by atoms with van der Waals surface area (Å²) < 4.78 is 12.8. The summed E-state index contributed by atoms with van der Waals surface area (Å²) in [6, 6.07) is 8.26. The number of hydrogen-bond donors (Lipinski definition) is 1. The van der Waals surface area contributed by atoms with E-state index in [4.69, 9.17) is 0 Å². The molecule has 2 saturated heterocycles. The van der Waals surface area contributed by atoms with Gasteiger partial charge < -0.3 is 10.2 Å². The molecule has 0 amide bonds. The zero-order valence-electron chi connectivity index (χ0n) is 10.7. The van der Waals surface area contributed by atoms with Gasteiger partial charge in [-0.05, 0) is 56.5 Å². The number of piperidine rings is 1. The van der Waals surface area contributed by atoms with Crippen LogP contribution in [0.4, 0.5) is 4.39 Å². The van der Waals surface area contributed by atoms with Crippen molar-refractivity contribution in [1.82, 2.24) is 10.2 Å². The molecule has 2 heterocycles. The molecule has 18 heavy (non-hydrogen) atoms. The Kier molecular flexibility index (Phi) is 3.62. The monoisotopic (exact) mass is 248 g/mol. The lowest BCUT2D eigenvalue weighted by Crippen LogP contribution is -2.45. The maximum atomic E-state index is 12.8. The molecule has 1 N–H and O–H groups in total. The van der Waals surface area contributed by atoms with E-state index in [1.807, 2.05) is 12.1 Å². The lowest BCUT2D eigenvalue weighted by atomic mass is 9.97. The van der Waals surface area contributed by atoms with Gasteiger partial charge in [0.2, 0.25) is 0 Å². The normalized spacial score (nSPS) is 28.3. The second-order valence-electron chi connectivity index (χ2n) is 5.56. The Morgan fingerprint density at radius 2 is 2.00 bits per heavy atom. The van der Waals surface area contributed by atoms with Crippen LogP contribution in [-0.2, 0) is 6.54 Å². The molecule has 0 aliphatic carbocycles.